The molecule has 1 fully saturated rings. The van der Waals surface area contributed by atoms with Crippen molar-refractivity contribution in [3.05, 3.63) is 46.5 Å². The van der Waals surface area contributed by atoms with E-state index in [9.17, 15) is 14.4 Å². The minimum atomic E-state index is -0.342. The highest BCUT2D eigenvalue weighted by molar-refractivity contribution is 7.15. The van der Waals surface area contributed by atoms with Crippen molar-refractivity contribution in [3.8, 4) is 0 Å². The highest BCUT2D eigenvalue weighted by Gasteiger charge is 2.35. The summed E-state index contributed by atoms with van der Waals surface area (Å²) in [5.41, 5.74) is 0.795. The topological polar surface area (TPSA) is 82.6 Å². The molecule has 1 N–H and O–H groups in total. The molecule has 2 aliphatic heterocycles. The molecule has 1 aromatic heterocycles. The number of amides is 3. The molecule has 1 unspecified atom stereocenters. The van der Waals surface area contributed by atoms with Gasteiger partial charge in [-0.2, -0.15) is 0 Å². The Hall–Kier alpha value is -2.58. The molecule has 0 spiro atoms. The van der Waals surface area contributed by atoms with E-state index in [1.54, 1.807) is 24.3 Å². The first kappa shape index (κ1) is 19.7. The maximum Gasteiger partial charge on any atom is 0.261 e. The van der Waals surface area contributed by atoms with Crippen molar-refractivity contribution in [2.24, 2.45) is 0 Å². The van der Waals surface area contributed by atoms with E-state index in [0.29, 0.717) is 22.3 Å². The molecular weight excluding hydrogens is 388 g/mol. The molecule has 29 heavy (non-hydrogen) atoms. The summed E-state index contributed by atoms with van der Waals surface area (Å²) in [6, 6.07) is 7.30. The normalized spacial score (nSPS) is 19.5. The Bertz CT molecular complexity index is 907. The molecular formula is C21H24N4O3S. The number of hydrogen-bond acceptors (Lipinski definition) is 6. The molecule has 152 valence electrons. The molecule has 2 aromatic rings. The van der Waals surface area contributed by atoms with Crippen LogP contribution in [0.1, 0.15) is 58.2 Å². The Morgan fingerprint density at radius 3 is 2.62 bits per heavy atom. The third-order valence-electron chi connectivity index (χ3n) is 5.54. The monoisotopic (exact) mass is 412 g/mol. The fraction of sp³-hybridized carbons (Fsp3) is 0.429. The molecule has 2 aliphatic rings. The number of hydrogen-bond donors (Lipinski definition) is 1. The molecule has 0 bridgehead atoms. The summed E-state index contributed by atoms with van der Waals surface area (Å²) in [5, 5.41) is 3.34. The van der Waals surface area contributed by atoms with Crippen LogP contribution in [-0.4, -0.2) is 51.6 Å². The van der Waals surface area contributed by atoms with Crippen LogP contribution in [0.15, 0.2) is 30.5 Å². The van der Waals surface area contributed by atoms with Gasteiger partial charge in [0.05, 0.1) is 11.1 Å². The van der Waals surface area contributed by atoms with Crippen molar-refractivity contribution in [2.45, 2.75) is 45.2 Å². The van der Waals surface area contributed by atoms with Gasteiger partial charge in [-0.15, -0.1) is 11.3 Å². The highest BCUT2D eigenvalue weighted by Crippen LogP contribution is 2.25. The Morgan fingerprint density at radius 1 is 1.21 bits per heavy atom. The molecule has 4 rings (SSSR count). The van der Waals surface area contributed by atoms with Gasteiger partial charge in [0, 0.05) is 36.6 Å². The van der Waals surface area contributed by atoms with Crippen LogP contribution in [-0.2, 0) is 11.3 Å². The predicted octanol–water partition coefficient (Wildman–Crippen LogP) is 3.14. The Kier molecular flexibility index (Phi) is 5.73. The Balaban J connectivity index is 1.29. The smallest absolute Gasteiger partial charge is 0.261 e. The first-order valence-corrected chi connectivity index (χ1v) is 10.8. The zero-order chi connectivity index (χ0) is 20.4. The SMILES string of the molecule is CC1CCCCN1Cc1cnc(NC(=O)CCN2C(=O)c3ccccc3C2=O)s1. The second kappa shape index (κ2) is 8.42. The number of imide groups is 1. The fourth-order valence-electron chi connectivity index (χ4n) is 3.87. The van der Waals surface area contributed by atoms with Gasteiger partial charge < -0.3 is 5.32 Å². The zero-order valence-electron chi connectivity index (χ0n) is 16.4. The van der Waals surface area contributed by atoms with E-state index in [2.05, 4.69) is 22.1 Å². The van der Waals surface area contributed by atoms with Gasteiger partial charge in [0.1, 0.15) is 0 Å². The van der Waals surface area contributed by atoms with E-state index in [4.69, 9.17) is 0 Å². The van der Waals surface area contributed by atoms with Crippen LogP contribution in [0.4, 0.5) is 5.13 Å². The molecule has 8 heteroatoms. The van der Waals surface area contributed by atoms with Gasteiger partial charge >= 0.3 is 0 Å². The molecule has 3 amide bonds. The lowest BCUT2D eigenvalue weighted by Crippen LogP contribution is -2.36. The summed E-state index contributed by atoms with van der Waals surface area (Å²) < 4.78 is 0. The number of carbonyl (C=O) groups excluding carboxylic acids is 3. The number of thiazole rings is 1. The number of nitrogens with one attached hydrogen (secondary N) is 1. The van der Waals surface area contributed by atoms with E-state index >= 15 is 0 Å². The zero-order valence-corrected chi connectivity index (χ0v) is 17.2. The molecule has 1 saturated heterocycles. The molecule has 0 saturated carbocycles. The largest absolute Gasteiger partial charge is 0.302 e. The quantitative estimate of drug-likeness (QED) is 0.737. The average molecular weight is 413 g/mol. The van der Waals surface area contributed by atoms with Gasteiger partial charge in [-0.3, -0.25) is 24.2 Å². The van der Waals surface area contributed by atoms with Crippen molar-refractivity contribution >= 4 is 34.2 Å². The van der Waals surface area contributed by atoms with Crippen LogP contribution in [0.2, 0.25) is 0 Å². The van der Waals surface area contributed by atoms with Gasteiger partial charge in [-0.25, -0.2) is 4.98 Å². The van der Waals surface area contributed by atoms with Crippen molar-refractivity contribution in [2.75, 3.05) is 18.4 Å². The van der Waals surface area contributed by atoms with Gasteiger partial charge in [-0.05, 0) is 38.4 Å². The minimum Gasteiger partial charge on any atom is -0.302 e. The predicted molar refractivity (Wildman–Crippen MR) is 111 cm³/mol. The third-order valence-corrected chi connectivity index (χ3v) is 6.44. The lowest BCUT2D eigenvalue weighted by molar-refractivity contribution is -0.116. The van der Waals surface area contributed by atoms with E-state index in [-0.39, 0.29) is 30.7 Å². The number of rotatable bonds is 6. The number of fused-ring (bicyclic) bond motifs is 1. The summed E-state index contributed by atoms with van der Waals surface area (Å²) in [6.45, 7) is 4.26. The summed E-state index contributed by atoms with van der Waals surface area (Å²) in [7, 11) is 0. The van der Waals surface area contributed by atoms with Crippen LogP contribution in [0, 0.1) is 0 Å². The van der Waals surface area contributed by atoms with Crippen molar-refractivity contribution < 1.29 is 14.4 Å². The summed E-state index contributed by atoms with van der Waals surface area (Å²) in [5.74, 6) is -0.940. The Labute approximate surface area is 173 Å². The lowest BCUT2D eigenvalue weighted by atomic mass is 10.0. The molecule has 0 aliphatic carbocycles. The standard InChI is InChI=1S/C21H24N4O3S/c1-14-6-4-5-10-24(14)13-15-12-22-21(29-15)23-18(26)9-11-25-19(27)16-7-2-3-8-17(16)20(25)28/h2-3,7-8,12,14H,4-6,9-11,13H2,1H3,(H,22,23,26). The fourth-order valence-corrected chi connectivity index (χ4v) is 4.72. The third kappa shape index (κ3) is 4.23. The first-order chi connectivity index (χ1) is 14.0. The lowest BCUT2D eigenvalue weighted by Gasteiger charge is -2.32. The van der Waals surface area contributed by atoms with Crippen LogP contribution >= 0.6 is 11.3 Å². The molecule has 0 radical (unpaired) electrons. The van der Waals surface area contributed by atoms with E-state index in [1.807, 2.05) is 6.20 Å². The van der Waals surface area contributed by atoms with E-state index < -0.39 is 0 Å². The number of aromatic nitrogens is 1. The number of carbonyl (C=O) groups is 3. The minimum absolute atomic E-state index is 0.0452. The maximum absolute atomic E-state index is 12.4. The first-order valence-electron chi connectivity index (χ1n) is 9.97. The number of anilines is 1. The Morgan fingerprint density at radius 2 is 1.93 bits per heavy atom. The number of benzene rings is 1. The maximum atomic E-state index is 12.4. The van der Waals surface area contributed by atoms with Crippen molar-refractivity contribution in [3.63, 3.8) is 0 Å². The van der Waals surface area contributed by atoms with Crippen LogP contribution in [0.5, 0.6) is 0 Å². The van der Waals surface area contributed by atoms with E-state index in [1.165, 1.54) is 30.6 Å². The molecule has 1 atom stereocenters. The van der Waals surface area contributed by atoms with Crippen molar-refractivity contribution in [1.82, 2.24) is 14.8 Å². The van der Waals surface area contributed by atoms with Crippen LogP contribution in [0.25, 0.3) is 0 Å². The van der Waals surface area contributed by atoms with Crippen molar-refractivity contribution in [1.29, 1.82) is 0 Å². The summed E-state index contributed by atoms with van der Waals surface area (Å²) in [4.78, 5) is 46.0. The molecule has 7 nitrogen and oxygen atoms in total. The number of piperidine rings is 1. The van der Waals surface area contributed by atoms with Gasteiger partial charge in [-0.1, -0.05) is 18.6 Å². The van der Waals surface area contributed by atoms with Crippen LogP contribution < -0.4 is 5.32 Å². The summed E-state index contributed by atoms with van der Waals surface area (Å²) >= 11 is 1.47. The highest BCUT2D eigenvalue weighted by atomic mass is 32.1. The number of nitrogens with zero attached hydrogens (tertiary/aromatic N) is 3. The second-order valence-electron chi connectivity index (χ2n) is 7.55. The van der Waals surface area contributed by atoms with Gasteiger partial charge in [0.15, 0.2) is 5.13 Å². The average Bonchev–Trinajstić information content (AvgIpc) is 3.25. The van der Waals surface area contributed by atoms with Crippen LogP contribution in [0.3, 0.4) is 0 Å². The summed E-state index contributed by atoms with van der Waals surface area (Å²) in [6.07, 6.45) is 5.59. The van der Waals surface area contributed by atoms with Gasteiger partial charge in [0.25, 0.3) is 11.8 Å². The molecule has 3 heterocycles. The van der Waals surface area contributed by atoms with E-state index in [0.717, 1.165) is 22.9 Å². The molecule has 1 aromatic carbocycles. The van der Waals surface area contributed by atoms with Gasteiger partial charge in [0.2, 0.25) is 5.91 Å². The second-order valence-corrected chi connectivity index (χ2v) is 8.67. The number of likely N-dealkylation sites (tertiary alicyclic amines) is 1.